The van der Waals surface area contributed by atoms with Crippen molar-refractivity contribution >= 4 is 16.8 Å². The molecule has 31 heavy (non-hydrogen) atoms. The Balaban J connectivity index is 1.42. The number of carbonyl (C=O) groups is 1. The van der Waals surface area contributed by atoms with E-state index in [0.29, 0.717) is 18.2 Å². The summed E-state index contributed by atoms with van der Waals surface area (Å²) >= 11 is 0. The average Bonchev–Trinajstić information content (AvgIpc) is 3.23. The number of likely N-dealkylation sites (tertiary alicyclic amines) is 1. The Kier molecular flexibility index (Phi) is 6.62. The van der Waals surface area contributed by atoms with Gasteiger partial charge in [0, 0.05) is 37.1 Å². The van der Waals surface area contributed by atoms with Gasteiger partial charge in [-0.05, 0) is 62.9 Å². The molecule has 5 nitrogen and oxygen atoms in total. The van der Waals surface area contributed by atoms with Crippen LogP contribution in [0.5, 0.6) is 5.75 Å². The van der Waals surface area contributed by atoms with E-state index in [4.69, 9.17) is 4.74 Å². The van der Waals surface area contributed by atoms with Crippen molar-refractivity contribution in [1.29, 1.82) is 0 Å². The van der Waals surface area contributed by atoms with Gasteiger partial charge in [-0.2, -0.15) is 0 Å². The molecule has 4 rings (SSSR count). The van der Waals surface area contributed by atoms with Crippen LogP contribution in [0, 0.1) is 12.8 Å². The Bertz CT molecular complexity index is 1020. The molecule has 164 valence electrons. The molecule has 0 spiro atoms. The Hall–Kier alpha value is -2.79. The highest BCUT2D eigenvalue weighted by atomic mass is 16.5. The first-order chi connectivity index (χ1) is 15.1. The molecule has 0 bridgehead atoms. The minimum Gasteiger partial charge on any atom is -0.496 e. The fourth-order valence-corrected chi connectivity index (χ4v) is 4.65. The largest absolute Gasteiger partial charge is 0.496 e. The van der Waals surface area contributed by atoms with Crippen LogP contribution in [0.15, 0.2) is 48.5 Å². The zero-order chi connectivity index (χ0) is 21.8. The number of rotatable bonds is 7. The number of nitrogens with zero attached hydrogens (tertiary/aromatic N) is 2. The minimum atomic E-state index is 0.0661. The monoisotopic (exact) mass is 419 g/mol. The first-order valence-electron chi connectivity index (χ1n) is 11.3. The Morgan fingerprint density at radius 3 is 2.77 bits per heavy atom. The molecule has 0 saturated carbocycles. The van der Waals surface area contributed by atoms with Gasteiger partial charge in [-0.1, -0.05) is 35.9 Å². The molecule has 1 saturated heterocycles. The van der Waals surface area contributed by atoms with Gasteiger partial charge in [0.15, 0.2) is 0 Å². The molecule has 1 N–H and O–H groups in total. The Morgan fingerprint density at radius 2 is 2.03 bits per heavy atom. The maximum absolute atomic E-state index is 13.3. The van der Waals surface area contributed by atoms with Gasteiger partial charge in [0.05, 0.1) is 7.11 Å². The normalized spacial score (nSPS) is 17.1. The number of aryl methyl sites for hydroxylation is 1. The number of fused-ring (bicyclic) bond motifs is 1. The van der Waals surface area contributed by atoms with E-state index < -0.39 is 0 Å². The van der Waals surface area contributed by atoms with Crippen molar-refractivity contribution in [3.8, 4) is 5.75 Å². The number of hydrogen-bond acceptors (Lipinski definition) is 3. The molecule has 5 heteroatoms. The molecule has 1 fully saturated rings. The molecular formula is C26H33N3O2. The third-order valence-electron chi connectivity index (χ3n) is 6.35. The fourth-order valence-electron chi connectivity index (χ4n) is 4.65. The van der Waals surface area contributed by atoms with Crippen LogP contribution in [0.1, 0.15) is 41.4 Å². The number of piperidine rings is 1. The van der Waals surface area contributed by atoms with E-state index in [1.807, 2.05) is 29.2 Å². The number of carbonyl (C=O) groups excluding carboxylic acids is 1. The summed E-state index contributed by atoms with van der Waals surface area (Å²) in [6.07, 6.45) is 2.36. The van der Waals surface area contributed by atoms with E-state index in [1.54, 1.807) is 7.11 Å². The highest BCUT2D eigenvalue weighted by Crippen LogP contribution is 2.27. The van der Waals surface area contributed by atoms with Gasteiger partial charge in [-0.15, -0.1) is 0 Å². The fraction of sp³-hybridized carbons (Fsp3) is 0.423. The second-order valence-corrected chi connectivity index (χ2v) is 8.68. The first kappa shape index (κ1) is 21.4. The van der Waals surface area contributed by atoms with Crippen molar-refractivity contribution in [1.82, 2.24) is 14.8 Å². The van der Waals surface area contributed by atoms with Gasteiger partial charge in [0.2, 0.25) is 0 Å². The van der Waals surface area contributed by atoms with Gasteiger partial charge in [-0.25, -0.2) is 0 Å². The van der Waals surface area contributed by atoms with Crippen LogP contribution in [0.4, 0.5) is 0 Å². The maximum atomic E-state index is 13.3. The molecule has 1 aliphatic rings. The maximum Gasteiger partial charge on any atom is 0.270 e. The summed E-state index contributed by atoms with van der Waals surface area (Å²) in [5.41, 5.74) is 4.23. The number of amides is 1. The van der Waals surface area contributed by atoms with E-state index in [-0.39, 0.29) is 5.91 Å². The molecule has 0 aliphatic carbocycles. The predicted octanol–water partition coefficient (Wildman–Crippen LogP) is 4.86. The summed E-state index contributed by atoms with van der Waals surface area (Å²) in [4.78, 5) is 21.1. The summed E-state index contributed by atoms with van der Waals surface area (Å²) < 4.78 is 5.45. The van der Waals surface area contributed by atoms with Gasteiger partial charge in [-0.3, -0.25) is 9.69 Å². The van der Waals surface area contributed by atoms with E-state index in [0.717, 1.165) is 42.8 Å². The van der Waals surface area contributed by atoms with Crippen LogP contribution in [-0.2, 0) is 6.54 Å². The number of aromatic amines is 1. The van der Waals surface area contributed by atoms with Crippen LogP contribution in [-0.4, -0.2) is 54.0 Å². The lowest BCUT2D eigenvalue weighted by molar-refractivity contribution is 0.0680. The summed E-state index contributed by atoms with van der Waals surface area (Å²) in [6.45, 7) is 8.85. The minimum absolute atomic E-state index is 0.0661. The number of nitrogens with one attached hydrogen (secondary N) is 1. The summed E-state index contributed by atoms with van der Waals surface area (Å²) in [5, 5.41) is 0.950. The van der Waals surface area contributed by atoms with Gasteiger partial charge in [0.25, 0.3) is 5.91 Å². The van der Waals surface area contributed by atoms with Crippen molar-refractivity contribution in [2.75, 3.05) is 33.3 Å². The number of aromatic nitrogens is 1. The van der Waals surface area contributed by atoms with Crippen molar-refractivity contribution < 1.29 is 9.53 Å². The highest BCUT2D eigenvalue weighted by molar-refractivity contribution is 5.99. The van der Waals surface area contributed by atoms with Crippen LogP contribution in [0.2, 0.25) is 0 Å². The predicted molar refractivity (Wildman–Crippen MR) is 126 cm³/mol. The molecule has 1 amide bonds. The van der Waals surface area contributed by atoms with E-state index >= 15 is 0 Å². The van der Waals surface area contributed by atoms with Crippen molar-refractivity contribution in [3.05, 3.63) is 65.4 Å². The smallest absolute Gasteiger partial charge is 0.270 e. The number of hydrogen-bond donors (Lipinski definition) is 1. The summed E-state index contributed by atoms with van der Waals surface area (Å²) in [6, 6.07) is 16.6. The standard InChI is InChI=1S/C26H33N3O2/c1-4-29(26(30)24-15-22-23(27-24)8-5-9-25(22)31-3)18-21-7-6-14-28(17-21)16-20-12-10-19(2)11-13-20/h5,8-13,15,21,27H,4,6-7,14,16-18H2,1-3H3. The van der Waals surface area contributed by atoms with Gasteiger partial charge < -0.3 is 14.6 Å². The molecule has 0 radical (unpaired) electrons. The molecule has 1 unspecified atom stereocenters. The SMILES string of the molecule is CCN(CC1CCCN(Cc2ccc(C)cc2)C1)C(=O)c1cc2c(OC)cccc2[nH]1. The molecule has 1 atom stereocenters. The van der Waals surface area contributed by atoms with Crippen LogP contribution in [0.3, 0.4) is 0 Å². The summed E-state index contributed by atoms with van der Waals surface area (Å²) in [7, 11) is 1.66. The lowest BCUT2D eigenvalue weighted by atomic mass is 9.96. The number of methoxy groups -OCH3 is 1. The van der Waals surface area contributed by atoms with E-state index in [9.17, 15) is 4.79 Å². The number of benzene rings is 2. The number of H-pyrrole nitrogens is 1. The van der Waals surface area contributed by atoms with E-state index in [1.165, 1.54) is 24.0 Å². The van der Waals surface area contributed by atoms with Crippen molar-refractivity contribution in [3.63, 3.8) is 0 Å². The third-order valence-corrected chi connectivity index (χ3v) is 6.35. The van der Waals surface area contributed by atoms with Crippen LogP contribution < -0.4 is 4.74 Å². The Labute approximate surface area is 185 Å². The lowest BCUT2D eigenvalue weighted by Gasteiger charge is -2.35. The third kappa shape index (κ3) is 4.93. The Morgan fingerprint density at radius 1 is 1.23 bits per heavy atom. The average molecular weight is 420 g/mol. The van der Waals surface area contributed by atoms with Gasteiger partial charge >= 0.3 is 0 Å². The van der Waals surface area contributed by atoms with Crippen molar-refractivity contribution in [2.24, 2.45) is 5.92 Å². The second-order valence-electron chi connectivity index (χ2n) is 8.68. The van der Waals surface area contributed by atoms with Crippen LogP contribution >= 0.6 is 0 Å². The molecule has 3 aromatic rings. The van der Waals surface area contributed by atoms with Crippen LogP contribution in [0.25, 0.3) is 10.9 Å². The second kappa shape index (κ2) is 9.56. The zero-order valence-electron chi connectivity index (χ0n) is 18.9. The molecular weight excluding hydrogens is 386 g/mol. The number of ether oxygens (including phenoxy) is 1. The van der Waals surface area contributed by atoms with E-state index in [2.05, 4.69) is 48.0 Å². The molecule has 2 heterocycles. The summed E-state index contributed by atoms with van der Waals surface area (Å²) in [5.74, 6) is 1.35. The van der Waals surface area contributed by atoms with Gasteiger partial charge in [0.1, 0.15) is 11.4 Å². The lowest BCUT2D eigenvalue weighted by Crippen LogP contribution is -2.42. The topological polar surface area (TPSA) is 48.6 Å². The first-order valence-corrected chi connectivity index (χ1v) is 11.3. The quantitative estimate of drug-likeness (QED) is 0.595. The highest BCUT2D eigenvalue weighted by Gasteiger charge is 2.25. The molecule has 1 aliphatic heterocycles. The van der Waals surface area contributed by atoms with Crippen molar-refractivity contribution in [2.45, 2.75) is 33.2 Å². The molecule has 1 aromatic heterocycles. The zero-order valence-corrected chi connectivity index (χ0v) is 18.9. The molecule has 2 aromatic carbocycles.